The van der Waals surface area contributed by atoms with Gasteiger partial charge in [-0.2, -0.15) is 0 Å². The van der Waals surface area contributed by atoms with E-state index in [0.717, 1.165) is 17.5 Å². The Bertz CT molecular complexity index is 567. The number of amides is 1. The highest BCUT2D eigenvalue weighted by molar-refractivity contribution is 7.90. The molecule has 0 aliphatic rings. The van der Waals surface area contributed by atoms with Crippen molar-refractivity contribution >= 4 is 21.4 Å². The highest BCUT2D eigenvalue weighted by Gasteiger charge is 2.15. The first-order valence-electron chi connectivity index (χ1n) is 5.96. The minimum absolute atomic E-state index is 0.0249. The summed E-state index contributed by atoms with van der Waals surface area (Å²) in [6.45, 7) is 2.06. The van der Waals surface area contributed by atoms with E-state index >= 15 is 0 Å². The lowest BCUT2D eigenvalue weighted by Gasteiger charge is -2.18. The van der Waals surface area contributed by atoms with Gasteiger partial charge in [-0.15, -0.1) is 0 Å². The van der Waals surface area contributed by atoms with Gasteiger partial charge in [0.15, 0.2) is 0 Å². The number of carbonyl (C=O) groups excluding carboxylic acids is 1. The van der Waals surface area contributed by atoms with Crippen molar-refractivity contribution in [3.63, 3.8) is 0 Å². The number of nitrogens with one attached hydrogen (secondary N) is 1. The molecule has 0 aliphatic carbocycles. The first kappa shape index (κ1) is 15.5. The fourth-order valence-electron chi connectivity index (χ4n) is 1.67. The zero-order valence-corrected chi connectivity index (χ0v) is 12.5. The van der Waals surface area contributed by atoms with Crippen LogP contribution in [0.1, 0.15) is 15.9 Å². The van der Waals surface area contributed by atoms with Gasteiger partial charge in [0.05, 0.1) is 5.75 Å². The minimum Gasteiger partial charge on any atom is -0.388 e. The summed E-state index contributed by atoms with van der Waals surface area (Å²) in [5.74, 6) is -0.188. The molecular formula is C13H20N2O3S. The highest BCUT2D eigenvalue weighted by Crippen LogP contribution is 2.16. The fourth-order valence-corrected chi connectivity index (χ4v) is 2.27. The van der Waals surface area contributed by atoms with Crippen molar-refractivity contribution in [3.8, 4) is 0 Å². The topological polar surface area (TPSA) is 66.5 Å². The van der Waals surface area contributed by atoms with E-state index in [1.165, 1.54) is 4.90 Å². The van der Waals surface area contributed by atoms with Crippen LogP contribution in [0.5, 0.6) is 0 Å². The summed E-state index contributed by atoms with van der Waals surface area (Å²) in [6, 6.07) is 5.46. The normalized spacial score (nSPS) is 11.2. The highest BCUT2D eigenvalue weighted by atomic mass is 32.2. The van der Waals surface area contributed by atoms with Gasteiger partial charge < -0.3 is 10.2 Å². The summed E-state index contributed by atoms with van der Waals surface area (Å²) >= 11 is 0. The Morgan fingerprint density at radius 3 is 2.47 bits per heavy atom. The molecule has 0 aliphatic heterocycles. The third-order valence-corrected chi connectivity index (χ3v) is 3.81. The van der Waals surface area contributed by atoms with E-state index < -0.39 is 9.84 Å². The van der Waals surface area contributed by atoms with Gasteiger partial charge >= 0.3 is 0 Å². The number of aryl methyl sites for hydroxylation is 1. The number of nitrogens with zero attached hydrogens (tertiary/aromatic N) is 1. The largest absolute Gasteiger partial charge is 0.388 e. The summed E-state index contributed by atoms with van der Waals surface area (Å²) in [5, 5.41) is 3.00. The lowest BCUT2D eigenvalue weighted by molar-refractivity contribution is 0.0803. The van der Waals surface area contributed by atoms with Crippen molar-refractivity contribution < 1.29 is 13.2 Å². The molecule has 0 unspecified atom stereocenters. The molecule has 0 spiro atoms. The van der Waals surface area contributed by atoms with Gasteiger partial charge in [-0.25, -0.2) is 8.42 Å². The van der Waals surface area contributed by atoms with Crippen molar-refractivity contribution in [1.82, 2.24) is 4.90 Å². The van der Waals surface area contributed by atoms with Crippen LogP contribution in [-0.2, 0) is 9.84 Å². The van der Waals surface area contributed by atoms with E-state index in [0.29, 0.717) is 5.56 Å². The van der Waals surface area contributed by atoms with Crippen LogP contribution in [0, 0.1) is 6.92 Å². The van der Waals surface area contributed by atoms with Gasteiger partial charge in [-0.3, -0.25) is 4.79 Å². The first-order chi connectivity index (χ1) is 8.74. The van der Waals surface area contributed by atoms with Crippen LogP contribution in [0.2, 0.25) is 0 Å². The van der Waals surface area contributed by atoms with Crippen LogP contribution < -0.4 is 5.32 Å². The molecule has 6 heteroatoms. The van der Waals surface area contributed by atoms with Crippen LogP contribution in [0.15, 0.2) is 18.2 Å². The van der Waals surface area contributed by atoms with Crippen molar-refractivity contribution in [2.24, 2.45) is 0 Å². The average molecular weight is 284 g/mol. The lowest BCUT2D eigenvalue weighted by Crippen LogP contribution is -2.31. The van der Waals surface area contributed by atoms with Crippen LogP contribution in [0.3, 0.4) is 0 Å². The molecule has 0 fully saturated rings. The molecule has 19 heavy (non-hydrogen) atoms. The molecule has 0 saturated carbocycles. The van der Waals surface area contributed by atoms with E-state index in [4.69, 9.17) is 0 Å². The number of anilines is 1. The Kier molecular flexibility index (Phi) is 4.94. The van der Waals surface area contributed by atoms with Crippen LogP contribution in [0.4, 0.5) is 5.69 Å². The number of sulfone groups is 1. The molecule has 0 heterocycles. The summed E-state index contributed by atoms with van der Waals surface area (Å²) in [7, 11) is 0.364. The number of hydrogen-bond acceptors (Lipinski definition) is 4. The minimum atomic E-state index is -3.06. The van der Waals surface area contributed by atoms with Gasteiger partial charge in [0.1, 0.15) is 9.84 Å². The Morgan fingerprint density at radius 2 is 2.00 bits per heavy atom. The molecule has 106 valence electrons. The molecule has 1 N–H and O–H groups in total. The van der Waals surface area contributed by atoms with E-state index in [1.807, 2.05) is 26.1 Å². The van der Waals surface area contributed by atoms with Crippen molar-refractivity contribution in [2.75, 3.05) is 38.0 Å². The maximum Gasteiger partial charge on any atom is 0.253 e. The van der Waals surface area contributed by atoms with E-state index in [1.54, 1.807) is 13.1 Å². The van der Waals surface area contributed by atoms with Gasteiger partial charge in [0.25, 0.3) is 5.91 Å². The predicted molar refractivity (Wildman–Crippen MR) is 77.4 cm³/mol. The number of benzene rings is 1. The number of rotatable bonds is 5. The fraction of sp³-hybridized carbons (Fsp3) is 0.462. The van der Waals surface area contributed by atoms with Crippen LogP contribution >= 0.6 is 0 Å². The molecule has 0 bridgehead atoms. The summed E-state index contributed by atoms with van der Waals surface area (Å²) < 4.78 is 22.2. The summed E-state index contributed by atoms with van der Waals surface area (Å²) in [5.41, 5.74) is 2.39. The second kappa shape index (κ2) is 6.06. The molecule has 0 atom stereocenters. The van der Waals surface area contributed by atoms with E-state index in [2.05, 4.69) is 5.32 Å². The third-order valence-electron chi connectivity index (χ3n) is 2.89. The molecule has 1 aromatic carbocycles. The second-order valence-corrected chi connectivity index (χ2v) is 6.90. The van der Waals surface area contributed by atoms with Crippen molar-refractivity contribution in [1.29, 1.82) is 0 Å². The molecule has 0 radical (unpaired) electrons. The smallest absolute Gasteiger partial charge is 0.253 e. The third kappa shape index (κ3) is 4.55. The standard InChI is InChI=1S/C13H20N2O3S/c1-10-9-11(14-2)5-6-12(10)13(16)15(3)7-8-19(4,17)18/h5-6,9,14H,7-8H2,1-4H3. The van der Waals surface area contributed by atoms with Gasteiger partial charge in [0.2, 0.25) is 0 Å². The molecule has 5 nitrogen and oxygen atoms in total. The zero-order chi connectivity index (χ0) is 14.6. The van der Waals surface area contributed by atoms with Gasteiger partial charge in [0, 0.05) is 38.1 Å². The second-order valence-electron chi connectivity index (χ2n) is 4.64. The van der Waals surface area contributed by atoms with Gasteiger partial charge in [-0.1, -0.05) is 0 Å². The number of hydrogen-bond donors (Lipinski definition) is 1. The molecule has 0 saturated heterocycles. The molecule has 1 rings (SSSR count). The molecular weight excluding hydrogens is 264 g/mol. The Balaban J connectivity index is 2.82. The summed E-state index contributed by atoms with van der Waals surface area (Å²) in [4.78, 5) is 13.6. The lowest BCUT2D eigenvalue weighted by atomic mass is 10.1. The van der Waals surface area contributed by atoms with Crippen LogP contribution in [-0.4, -0.2) is 51.9 Å². The molecule has 1 aromatic rings. The van der Waals surface area contributed by atoms with Crippen molar-refractivity contribution in [3.05, 3.63) is 29.3 Å². The van der Waals surface area contributed by atoms with Crippen molar-refractivity contribution in [2.45, 2.75) is 6.92 Å². The quantitative estimate of drug-likeness (QED) is 0.881. The van der Waals surface area contributed by atoms with E-state index in [9.17, 15) is 13.2 Å². The first-order valence-corrected chi connectivity index (χ1v) is 8.02. The Labute approximate surface area is 114 Å². The maximum absolute atomic E-state index is 12.2. The Morgan fingerprint density at radius 1 is 1.37 bits per heavy atom. The van der Waals surface area contributed by atoms with E-state index in [-0.39, 0.29) is 18.2 Å². The summed E-state index contributed by atoms with van der Waals surface area (Å²) in [6.07, 6.45) is 1.16. The molecule has 0 aromatic heterocycles. The monoisotopic (exact) mass is 284 g/mol. The number of carbonyl (C=O) groups is 1. The SMILES string of the molecule is CNc1ccc(C(=O)N(C)CCS(C)(=O)=O)c(C)c1. The maximum atomic E-state index is 12.2. The Hall–Kier alpha value is -1.56. The predicted octanol–water partition coefficient (Wildman–Crippen LogP) is 1.15. The van der Waals surface area contributed by atoms with Crippen LogP contribution in [0.25, 0.3) is 0 Å². The molecule has 1 amide bonds. The average Bonchev–Trinajstić information content (AvgIpc) is 2.34. The zero-order valence-electron chi connectivity index (χ0n) is 11.7. The van der Waals surface area contributed by atoms with Gasteiger partial charge in [-0.05, 0) is 30.7 Å².